The Balaban J connectivity index is 1.73. The highest BCUT2D eigenvalue weighted by Crippen LogP contribution is 2.38. The first-order valence-corrected chi connectivity index (χ1v) is 10.2. The molecule has 1 N–H and O–H groups in total. The van der Waals surface area contributed by atoms with Gasteiger partial charge in [-0.2, -0.15) is 0 Å². The smallest absolute Gasteiger partial charge is 0.264 e. The van der Waals surface area contributed by atoms with Crippen LogP contribution in [0.1, 0.15) is 10.4 Å². The number of rotatable bonds is 3. The van der Waals surface area contributed by atoms with E-state index in [4.69, 9.17) is 16.3 Å². The second-order valence-electron chi connectivity index (χ2n) is 6.30. The van der Waals surface area contributed by atoms with Crippen molar-refractivity contribution in [3.8, 4) is 11.5 Å². The van der Waals surface area contributed by atoms with E-state index in [1.54, 1.807) is 18.2 Å². The highest BCUT2D eigenvalue weighted by atomic mass is 35.5. The number of ether oxygens (including phenoxy) is 1. The molecular formula is C20H14ClFN2O4S. The van der Waals surface area contributed by atoms with Gasteiger partial charge in [0, 0.05) is 12.1 Å². The average Bonchev–Trinajstić information content (AvgIpc) is 2.83. The zero-order valence-corrected chi connectivity index (χ0v) is 16.6. The molecule has 0 fully saturated rings. The van der Waals surface area contributed by atoms with E-state index in [9.17, 15) is 17.6 Å². The number of carbonyl (C=O) groups is 1. The molecule has 3 aromatic rings. The van der Waals surface area contributed by atoms with E-state index in [1.807, 2.05) is 0 Å². The van der Waals surface area contributed by atoms with Crippen LogP contribution in [0.2, 0.25) is 5.02 Å². The molecule has 9 heteroatoms. The Morgan fingerprint density at radius 2 is 1.69 bits per heavy atom. The van der Waals surface area contributed by atoms with Crippen LogP contribution in [-0.2, 0) is 10.0 Å². The summed E-state index contributed by atoms with van der Waals surface area (Å²) < 4.78 is 45.9. The third kappa shape index (κ3) is 3.52. The van der Waals surface area contributed by atoms with E-state index in [-0.39, 0.29) is 21.9 Å². The molecule has 6 nitrogen and oxygen atoms in total. The van der Waals surface area contributed by atoms with Gasteiger partial charge in [-0.15, -0.1) is 0 Å². The molecule has 1 aliphatic heterocycles. The molecule has 29 heavy (non-hydrogen) atoms. The first-order valence-electron chi connectivity index (χ1n) is 8.43. The minimum Gasteiger partial charge on any atom is -0.454 e. The van der Waals surface area contributed by atoms with Crippen LogP contribution in [-0.4, -0.2) is 21.4 Å². The van der Waals surface area contributed by atoms with Crippen molar-refractivity contribution in [2.45, 2.75) is 4.90 Å². The summed E-state index contributed by atoms with van der Waals surface area (Å²) in [5, 5.41) is 3.09. The van der Waals surface area contributed by atoms with Crippen LogP contribution in [0.15, 0.2) is 65.6 Å². The summed E-state index contributed by atoms with van der Waals surface area (Å²) in [6.45, 7) is 0. The first-order chi connectivity index (χ1) is 13.8. The first kappa shape index (κ1) is 19.2. The Labute approximate surface area is 171 Å². The molecule has 0 unspecified atom stereocenters. The Bertz CT molecular complexity index is 1230. The average molecular weight is 433 g/mol. The van der Waals surface area contributed by atoms with Gasteiger partial charge < -0.3 is 10.1 Å². The molecule has 4 rings (SSSR count). The molecule has 0 aliphatic carbocycles. The van der Waals surface area contributed by atoms with Crippen molar-refractivity contribution >= 4 is 38.9 Å². The van der Waals surface area contributed by atoms with Crippen LogP contribution in [0.3, 0.4) is 0 Å². The van der Waals surface area contributed by atoms with Crippen LogP contribution in [0.4, 0.5) is 15.8 Å². The van der Waals surface area contributed by atoms with Gasteiger partial charge in [0.1, 0.15) is 11.6 Å². The summed E-state index contributed by atoms with van der Waals surface area (Å²) in [4.78, 5) is 12.5. The minimum absolute atomic E-state index is 0.0610. The predicted molar refractivity (Wildman–Crippen MR) is 108 cm³/mol. The maximum absolute atomic E-state index is 13.1. The maximum atomic E-state index is 13.1. The number of sulfonamides is 1. The second-order valence-corrected chi connectivity index (χ2v) is 8.71. The van der Waals surface area contributed by atoms with Gasteiger partial charge in [-0.3, -0.25) is 9.10 Å². The van der Waals surface area contributed by atoms with Gasteiger partial charge in [-0.25, -0.2) is 12.8 Å². The lowest BCUT2D eigenvalue weighted by Gasteiger charge is -2.20. The zero-order valence-electron chi connectivity index (χ0n) is 15.0. The molecule has 0 saturated carbocycles. The highest BCUT2D eigenvalue weighted by Gasteiger charge is 2.27. The monoisotopic (exact) mass is 432 g/mol. The number of fused-ring (bicyclic) bond motifs is 2. The van der Waals surface area contributed by atoms with Crippen molar-refractivity contribution in [3.63, 3.8) is 0 Å². The summed E-state index contributed by atoms with van der Waals surface area (Å²) in [5.74, 6) is -0.395. The van der Waals surface area contributed by atoms with Crippen LogP contribution >= 0.6 is 11.6 Å². The number of hydrogen-bond acceptors (Lipinski definition) is 4. The number of amides is 1. The SMILES string of the molecule is CN(c1ccc(F)cc1)S(=O)(=O)c1ccc2c(c1)C(=O)Nc1cc(Cl)ccc1O2. The van der Waals surface area contributed by atoms with Crippen molar-refractivity contribution < 1.29 is 22.3 Å². The Hall–Kier alpha value is -3.10. The fraction of sp³-hybridized carbons (Fsp3) is 0.0500. The lowest BCUT2D eigenvalue weighted by Crippen LogP contribution is -2.26. The molecule has 0 spiro atoms. The van der Waals surface area contributed by atoms with Crippen molar-refractivity contribution in [2.24, 2.45) is 0 Å². The lowest BCUT2D eigenvalue weighted by molar-refractivity contribution is 0.102. The summed E-state index contributed by atoms with van der Waals surface area (Å²) in [6.07, 6.45) is 0. The van der Waals surface area contributed by atoms with Gasteiger partial charge in [-0.1, -0.05) is 11.6 Å². The Morgan fingerprint density at radius 1 is 1.00 bits per heavy atom. The number of anilines is 2. The molecule has 1 amide bonds. The van der Waals surface area contributed by atoms with Gasteiger partial charge in [-0.05, 0) is 60.7 Å². The Kier molecular flexibility index (Phi) is 4.68. The van der Waals surface area contributed by atoms with Crippen molar-refractivity contribution in [3.05, 3.63) is 77.1 Å². The molecule has 1 heterocycles. The topological polar surface area (TPSA) is 75.7 Å². The summed E-state index contributed by atoms with van der Waals surface area (Å²) >= 11 is 5.96. The summed E-state index contributed by atoms with van der Waals surface area (Å²) in [7, 11) is -2.64. The van der Waals surface area contributed by atoms with Crippen LogP contribution in [0.25, 0.3) is 0 Å². The number of halogens is 2. The predicted octanol–water partition coefficient (Wildman–Crippen LogP) is 4.66. The minimum atomic E-state index is -3.99. The van der Waals surface area contributed by atoms with Crippen LogP contribution < -0.4 is 14.4 Å². The van der Waals surface area contributed by atoms with E-state index in [2.05, 4.69) is 5.32 Å². The normalized spacial score (nSPS) is 12.9. The van der Waals surface area contributed by atoms with Crippen molar-refractivity contribution in [1.29, 1.82) is 0 Å². The molecule has 3 aromatic carbocycles. The van der Waals surface area contributed by atoms with Crippen LogP contribution in [0, 0.1) is 5.82 Å². The van der Waals surface area contributed by atoms with Crippen LogP contribution in [0.5, 0.6) is 11.5 Å². The zero-order chi connectivity index (χ0) is 20.8. The number of hydrogen-bond donors (Lipinski definition) is 1. The van der Waals surface area contributed by atoms with E-state index in [1.165, 1.54) is 49.5 Å². The third-order valence-corrected chi connectivity index (χ3v) is 6.47. The third-order valence-electron chi connectivity index (χ3n) is 4.45. The van der Waals surface area contributed by atoms with Gasteiger partial charge in [0.05, 0.1) is 21.8 Å². The summed E-state index contributed by atoms with van der Waals surface area (Å²) in [5.41, 5.74) is 0.724. The number of benzene rings is 3. The highest BCUT2D eigenvalue weighted by molar-refractivity contribution is 7.92. The molecule has 148 valence electrons. The van der Waals surface area contributed by atoms with Crippen molar-refractivity contribution in [1.82, 2.24) is 0 Å². The number of nitrogens with one attached hydrogen (secondary N) is 1. The molecule has 0 saturated heterocycles. The molecular weight excluding hydrogens is 419 g/mol. The largest absolute Gasteiger partial charge is 0.454 e. The lowest BCUT2D eigenvalue weighted by atomic mass is 10.2. The molecule has 0 atom stereocenters. The maximum Gasteiger partial charge on any atom is 0.264 e. The van der Waals surface area contributed by atoms with Crippen molar-refractivity contribution in [2.75, 3.05) is 16.7 Å². The van der Waals surface area contributed by atoms with Gasteiger partial charge in [0.15, 0.2) is 5.75 Å². The summed E-state index contributed by atoms with van der Waals surface area (Å²) in [6, 6.07) is 13.8. The molecule has 0 radical (unpaired) electrons. The van der Waals surface area contributed by atoms with E-state index in [0.717, 1.165) is 4.31 Å². The fourth-order valence-electron chi connectivity index (χ4n) is 2.88. The standard InChI is InChI=1S/C20H14ClFN2O4S/c1-24(14-5-3-13(22)4-6-14)29(26,27)15-7-9-18-16(11-15)20(25)23-17-10-12(21)2-8-19(17)28-18/h2-11H,1H3,(H,23,25). The number of carbonyl (C=O) groups excluding carboxylic acids is 1. The fourth-order valence-corrected chi connectivity index (χ4v) is 4.28. The van der Waals surface area contributed by atoms with E-state index < -0.39 is 21.7 Å². The van der Waals surface area contributed by atoms with Gasteiger partial charge in [0.2, 0.25) is 0 Å². The van der Waals surface area contributed by atoms with E-state index >= 15 is 0 Å². The van der Waals surface area contributed by atoms with E-state index in [0.29, 0.717) is 16.5 Å². The Morgan fingerprint density at radius 3 is 2.41 bits per heavy atom. The number of nitrogens with zero attached hydrogens (tertiary/aromatic N) is 1. The molecule has 0 bridgehead atoms. The second kappa shape index (κ2) is 7.06. The van der Waals surface area contributed by atoms with Gasteiger partial charge >= 0.3 is 0 Å². The quantitative estimate of drug-likeness (QED) is 0.653. The molecule has 1 aliphatic rings. The molecule has 0 aromatic heterocycles. The van der Waals surface area contributed by atoms with Gasteiger partial charge in [0.25, 0.3) is 15.9 Å².